The first-order chi connectivity index (χ1) is 14.6. The number of phenolic OH excluding ortho intramolecular Hbond substituents is 1. The van der Waals surface area contributed by atoms with Gasteiger partial charge in [0.25, 0.3) is 0 Å². The Morgan fingerprint density at radius 2 is 1.90 bits per heavy atom. The number of nitrogens with zero attached hydrogens (tertiary/aromatic N) is 2. The number of aromatic hydroxyl groups is 1. The van der Waals surface area contributed by atoms with Crippen LogP contribution in [0, 0.1) is 0 Å². The molecule has 3 N–H and O–H groups in total. The molecule has 0 amide bonds. The molecule has 1 fully saturated rings. The molecular weight excluding hydrogens is 527 g/mol. The molecule has 0 aromatic heterocycles. The third-order valence-electron chi connectivity index (χ3n) is 5.30. The van der Waals surface area contributed by atoms with Gasteiger partial charge >= 0.3 is 0 Å². The maximum absolute atomic E-state index is 10.3. The van der Waals surface area contributed by atoms with Crippen molar-refractivity contribution >= 4 is 41.5 Å². The van der Waals surface area contributed by atoms with Crippen molar-refractivity contribution in [1.82, 2.24) is 15.5 Å². The number of likely N-dealkylation sites (tertiary alicyclic amines) is 1. The first-order valence-corrected chi connectivity index (χ1v) is 10.8. The van der Waals surface area contributed by atoms with E-state index >= 15 is 0 Å². The van der Waals surface area contributed by atoms with Gasteiger partial charge in [-0.3, -0.25) is 4.90 Å². The van der Waals surface area contributed by atoms with Crippen LogP contribution in [0.2, 0.25) is 5.02 Å². The summed E-state index contributed by atoms with van der Waals surface area (Å²) in [4.78, 5) is 7.13. The van der Waals surface area contributed by atoms with Gasteiger partial charge in [-0.25, -0.2) is 4.99 Å². The summed E-state index contributed by atoms with van der Waals surface area (Å²) in [5.74, 6) is 1.39. The highest BCUT2D eigenvalue weighted by molar-refractivity contribution is 14.0. The monoisotopic (exact) mass is 558 g/mol. The summed E-state index contributed by atoms with van der Waals surface area (Å²) in [6, 6.07) is 13.9. The van der Waals surface area contributed by atoms with Crippen molar-refractivity contribution in [3.8, 4) is 11.5 Å². The number of guanidine groups is 1. The van der Waals surface area contributed by atoms with Crippen LogP contribution in [0.15, 0.2) is 47.5 Å². The second kappa shape index (κ2) is 13.0. The van der Waals surface area contributed by atoms with Gasteiger partial charge in [-0.15, -0.1) is 24.0 Å². The topological polar surface area (TPSA) is 69.1 Å². The molecule has 1 aliphatic rings. The average molecular weight is 559 g/mol. The minimum atomic E-state index is 0. The molecular formula is C23H32ClIN4O2. The van der Waals surface area contributed by atoms with Crippen LogP contribution in [0.25, 0.3) is 0 Å². The summed E-state index contributed by atoms with van der Waals surface area (Å²) < 4.78 is 5.18. The summed E-state index contributed by atoms with van der Waals surface area (Å²) in [6.45, 7) is 6.24. The van der Waals surface area contributed by atoms with Gasteiger partial charge in [-0.2, -0.15) is 0 Å². The number of phenols is 1. The Hall–Kier alpha value is -1.71. The summed E-state index contributed by atoms with van der Waals surface area (Å²) in [7, 11) is 1.55. The second-order valence-electron chi connectivity index (χ2n) is 7.48. The third-order valence-corrected chi connectivity index (χ3v) is 5.55. The first-order valence-electron chi connectivity index (χ1n) is 10.5. The van der Waals surface area contributed by atoms with Crippen LogP contribution >= 0.6 is 35.6 Å². The summed E-state index contributed by atoms with van der Waals surface area (Å²) in [5.41, 5.74) is 2.03. The highest BCUT2D eigenvalue weighted by Crippen LogP contribution is 2.29. The van der Waals surface area contributed by atoms with E-state index in [-0.39, 0.29) is 29.7 Å². The number of ether oxygens (including phenoxy) is 1. The number of benzene rings is 2. The fourth-order valence-corrected chi connectivity index (χ4v) is 3.75. The minimum Gasteiger partial charge on any atom is -0.504 e. The standard InChI is InChI=1S/C23H31ClN4O2.HI/c1-3-25-23(26-15-18-5-4-6-21(30-2)22(18)29)27-20-11-13-28(14-12-20)16-17-7-9-19(24)10-8-17;/h4-10,20,29H,3,11-16H2,1-2H3,(H2,25,26,27);1H. The molecule has 1 saturated heterocycles. The fourth-order valence-electron chi connectivity index (χ4n) is 3.62. The third kappa shape index (κ3) is 7.73. The average Bonchev–Trinajstić information content (AvgIpc) is 2.76. The Kier molecular flexibility index (Phi) is 10.7. The molecule has 31 heavy (non-hydrogen) atoms. The Bertz CT molecular complexity index is 840. The van der Waals surface area contributed by atoms with Crippen LogP contribution in [0.3, 0.4) is 0 Å². The molecule has 2 aromatic carbocycles. The van der Waals surface area contributed by atoms with Crippen LogP contribution in [-0.4, -0.2) is 48.8 Å². The van der Waals surface area contributed by atoms with Crippen LogP contribution < -0.4 is 15.4 Å². The molecule has 0 unspecified atom stereocenters. The molecule has 0 saturated carbocycles. The zero-order valence-electron chi connectivity index (χ0n) is 18.1. The molecule has 0 radical (unpaired) electrons. The molecule has 3 rings (SSSR count). The van der Waals surface area contributed by atoms with Crippen molar-refractivity contribution in [2.75, 3.05) is 26.7 Å². The van der Waals surface area contributed by atoms with Gasteiger partial charge in [0.2, 0.25) is 0 Å². The fraction of sp³-hybridized carbons (Fsp3) is 0.435. The first kappa shape index (κ1) is 25.5. The van der Waals surface area contributed by atoms with Crippen LogP contribution in [-0.2, 0) is 13.1 Å². The van der Waals surface area contributed by atoms with Gasteiger partial charge in [0.15, 0.2) is 17.5 Å². The van der Waals surface area contributed by atoms with Gasteiger partial charge in [0, 0.05) is 42.8 Å². The van der Waals surface area contributed by atoms with Crippen molar-refractivity contribution < 1.29 is 9.84 Å². The summed E-state index contributed by atoms with van der Waals surface area (Å²) in [6.07, 6.45) is 2.12. The highest BCUT2D eigenvalue weighted by Gasteiger charge is 2.20. The summed E-state index contributed by atoms with van der Waals surface area (Å²) >= 11 is 5.98. The van der Waals surface area contributed by atoms with E-state index in [1.54, 1.807) is 13.2 Å². The van der Waals surface area contributed by atoms with E-state index in [9.17, 15) is 5.11 Å². The van der Waals surface area contributed by atoms with Crippen LogP contribution in [0.1, 0.15) is 30.9 Å². The number of piperidine rings is 1. The highest BCUT2D eigenvalue weighted by atomic mass is 127. The number of rotatable bonds is 7. The second-order valence-corrected chi connectivity index (χ2v) is 7.92. The predicted octanol–water partition coefficient (Wildman–Crippen LogP) is 4.39. The molecule has 0 atom stereocenters. The van der Waals surface area contributed by atoms with Crippen molar-refractivity contribution in [2.45, 2.75) is 38.9 Å². The largest absolute Gasteiger partial charge is 0.504 e. The lowest BCUT2D eigenvalue weighted by Gasteiger charge is -2.33. The number of hydrogen-bond donors (Lipinski definition) is 3. The molecule has 0 bridgehead atoms. The van der Waals surface area contributed by atoms with E-state index in [0.29, 0.717) is 18.3 Å². The summed E-state index contributed by atoms with van der Waals surface area (Å²) in [5, 5.41) is 17.9. The van der Waals surface area contributed by atoms with E-state index in [1.807, 2.05) is 24.3 Å². The molecule has 8 heteroatoms. The number of para-hydroxylation sites is 1. The zero-order valence-corrected chi connectivity index (χ0v) is 21.2. The molecule has 0 aliphatic carbocycles. The maximum Gasteiger partial charge on any atom is 0.191 e. The van der Waals surface area contributed by atoms with Crippen LogP contribution in [0.4, 0.5) is 0 Å². The Morgan fingerprint density at radius 1 is 1.19 bits per heavy atom. The van der Waals surface area contributed by atoms with Gasteiger partial charge in [-0.05, 0) is 43.5 Å². The quantitative estimate of drug-likeness (QED) is 0.267. The lowest BCUT2D eigenvalue weighted by molar-refractivity contribution is 0.198. The number of halogens is 2. The maximum atomic E-state index is 10.3. The van der Waals surface area contributed by atoms with Gasteiger partial charge in [0.1, 0.15) is 0 Å². The van der Waals surface area contributed by atoms with Gasteiger partial charge in [0.05, 0.1) is 13.7 Å². The number of hydrogen-bond acceptors (Lipinski definition) is 4. The molecule has 2 aromatic rings. The Labute approximate surface area is 207 Å². The van der Waals surface area contributed by atoms with Crippen molar-refractivity contribution in [2.24, 2.45) is 4.99 Å². The van der Waals surface area contributed by atoms with E-state index in [2.05, 4.69) is 39.6 Å². The zero-order chi connectivity index (χ0) is 21.3. The van der Waals surface area contributed by atoms with Crippen molar-refractivity contribution in [1.29, 1.82) is 0 Å². The Morgan fingerprint density at radius 3 is 2.55 bits per heavy atom. The van der Waals surface area contributed by atoms with Crippen molar-refractivity contribution in [3.63, 3.8) is 0 Å². The molecule has 170 valence electrons. The molecule has 1 heterocycles. The van der Waals surface area contributed by atoms with Gasteiger partial charge in [-0.1, -0.05) is 35.9 Å². The van der Waals surface area contributed by atoms with E-state index in [0.717, 1.165) is 55.6 Å². The molecule has 1 aliphatic heterocycles. The lowest BCUT2D eigenvalue weighted by Crippen LogP contribution is -2.48. The number of aliphatic imine (C=N–C) groups is 1. The Balaban J connectivity index is 0.00000341. The van der Waals surface area contributed by atoms with Crippen LogP contribution in [0.5, 0.6) is 11.5 Å². The van der Waals surface area contributed by atoms with E-state index in [4.69, 9.17) is 16.3 Å². The van der Waals surface area contributed by atoms with Crippen molar-refractivity contribution in [3.05, 3.63) is 58.6 Å². The lowest BCUT2D eigenvalue weighted by atomic mass is 10.0. The van der Waals surface area contributed by atoms with E-state index < -0.39 is 0 Å². The predicted molar refractivity (Wildman–Crippen MR) is 138 cm³/mol. The van der Waals surface area contributed by atoms with Gasteiger partial charge < -0.3 is 20.5 Å². The molecule has 0 spiro atoms. The minimum absolute atomic E-state index is 0. The normalized spacial score (nSPS) is 15.3. The molecule has 6 nitrogen and oxygen atoms in total. The smallest absolute Gasteiger partial charge is 0.191 e. The van der Waals surface area contributed by atoms with E-state index in [1.165, 1.54) is 5.56 Å². The number of methoxy groups -OCH3 is 1. The number of nitrogens with one attached hydrogen (secondary N) is 2. The SMILES string of the molecule is CCNC(=NCc1cccc(OC)c1O)NC1CCN(Cc2ccc(Cl)cc2)CC1.I.